The summed E-state index contributed by atoms with van der Waals surface area (Å²) in [7, 11) is 0. The van der Waals surface area contributed by atoms with Gasteiger partial charge < -0.3 is 15.2 Å². The predicted molar refractivity (Wildman–Crippen MR) is 76.6 cm³/mol. The van der Waals surface area contributed by atoms with Crippen molar-refractivity contribution in [3.8, 4) is 0 Å². The summed E-state index contributed by atoms with van der Waals surface area (Å²) in [5, 5.41) is 11.8. The van der Waals surface area contributed by atoms with E-state index in [1.807, 2.05) is 0 Å². The first kappa shape index (κ1) is 16.8. The molecule has 20 heavy (non-hydrogen) atoms. The maximum atomic E-state index is 11.7. The lowest BCUT2D eigenvalue weighted by molar-refractivity contribution is -0.140. The molecule has 5 heteroatoms. The van der Waals surface area contributed by atoms with Crippen LogP contribution in [0.15, 0.2) is 0 Å². The number of amides is 1. The van der Waals surface area contributed by atoms with Gasteiger partial charge in [-0.05, 0) is 45.4 Å². The van der Waals surface area contributed by atoms with E-state index in [1.54, 1.807) is 20.8 Å². The van der Waals surface area contributed by atoms with Gasteiger partial charge in [0.2, 0.25) is 0 Å². The van der Waals surface area contributed by atoms with Crippen LogP contribution in [0.3, 0.4) is 0 Å². The lowest BCUT2D eigenvalue weighted by Crippen LogP contribution is -2.46. The molecule has 5 nitrogen and oxygen atoms in total. The molecule has 1 aliphatic carbocycles. The molecule has 1 fully saturated rings. The van der Waals surface area contributed by atoms with E-state index < -0.39 is 23.7 Å². The number of hydrogen-bond acceptors (Lipinski definition) is 3. The molecular weight excluding hydrogens is 258 g/mol. The highest BCUT2D eigenvalue weighted by Gasteiger charge is 2.34. The highest BCUT2D eigenvalue weighted by Crippen LogP contribution is 2.39. The van der Waals surface area contributed by atoms with Gasteiger partial charge in [0.05, 0.1) is 0 Å². The molecule has 2 N–H and O–H groups in total. The van der Waals surface area contributed by atoms with E-state index in [-0.39, 0.29) is 5.41 Å². The van der Waals surface area contributed by atoms with Crippen molar-refractivity contribution >= 4 is 12.1 Å². The minimum Gasteiger partial charge on any atom is -0.480 e. The molecule has 1 aliphatic rings. The quantitative estimate of drug-likeness (QED) is 0.830. The molecule has 0 aliphatic heterocycles. The monoisotopic (exact) mass is 285 g/mol. The first-order valence-electron chi connectivity index (χ1n) is 7.34. The average Bonchev–Trinajstić information content (AvgIpc) is 2.25. The minimum absolute atomic E-state index is 0.00365. The Bertz CT molecular complexity index is 353. The standard InChI is InChI=1S/C15H27NO4/c1-14(2,3)20-13(19)16-11(12(17)18)10-15(4)8-6-5-7-9-15/h11H,5-10H2,1-4H3,(H,16,19)(H,17,18)/t11-/m1/s1. The van der Waals surface area contributed by atoms with Gasteiger partial charge in [-0.25, -0.2) is 9.59 Å². The highest BCUT2D eigenvalue weighted by molar-refractivity contribution is 5.80. The molecule has 1 rings (SSSR count). The molecule has 116 valence electrons. The van der Waals surface area contributed by atoms with Crippen molar-refractivity contribution in [2.75, 3.05) is 0 Å². The lowest BCUT2D eigenvalue weighted by atomic mass is 9.72. The molecule has 0 bridgehead atoms. The van der Waals surface area contributed by atoms with Gasteiger partial charge in [0.15, 0.2) is 0 Å². The van der Waals surface area contributed by atoms with Gasteiger partial charge >= 0.3 is 12.1 Å². The van der Waals surface area contributed by atoms with Crippen molar-refractivity contribution in [3.05, 3.63) is 0 Å². The summed E-state index contributed by atoms with van der Waals surface area (Å²) in [6.07, 6.45) is 5.32. The Balaban J connectivity index is 2.60. The van der Waals surface area contributed by atoms with E-state index in [2.05, 4.69) is 12.2 Å². The Hall–Kier alpha value is -1.26. The number of rotatable bonds is 4. The molecule has 0 aromatic heterocycles. The number of carboxylic acids is 1. The number of nitrogens with one attached hydrogen (secondary N) is 1. The maximum absolute atomic E-state index is 11.7. The normalized spacial score (nSPS) is 20.0. The first-order chi connectivity index (χ1) is 9.11. The van der Waals surface area contributed by atoms with E-state index >= 15 is 0 Å². The summed E-state index contributed by atoms with van der Waals surface area (Å²) in [6, 6.07) is -0.882. The van der Waals surface area contributed by atoms with Gasteiger partial charge in [-0.1, -0.05) is 26.2 Å². The molecule has 1 amide bonds. The SMILES string of the molecule is CC1(C[C@@H](NC(=O)OC(C)(C)C)C(=O)O)CCCCC1. The molecule has 1 atom stereocenters. The third-order valence-corrected chi connectivity index (χ3v) is 3.75. The van der Waals surface area contributed by atoms with Gasteiger partial charge in [0, 0.05) is 0 Å². The van der Waals surface area contributed by atoms with Crippen LogP contribution in [-0.4, -0.2) is 28.8 Å². The van der Waals surface area contributed by atoms with Crippen molar-refractivity contribution in [1.29, 1.82) is 0 Å². The smallest absolute Gasteiger partial charge is 0.408 e. The maximum Gasteiger partial charge on any atom is 0.408 e. The lowest BCUT2D eigenvalue weighted by Gasteiger charge is -2.35. The van der Waals surface area contributed by atoms with Gasteiger partial charge in [-0.3, -0.25) is 0 Å². The zero-order valence-electron chi connectivity index (χ0n) is 13.0. The number of alkyl carbamates (subject to hydrolysis) is 1. The van der Waals surface area contributed by atoms with Gasteiger partial charge in [0.1, 0.15) is 11.6 Å². The fraction of sp³-hybridized carbons (Fsp3) is 0.867. The summed E-state index contributed by atoms with van der Waals surface area (Å²) >= 11 is 0. The topological polar surface area (TPSA) is 75.6 Å². The van der Waals surface area contributed by atoms with Crippen LogP contribution in [0.1, 0.15) is 66.2 Å². The Morgan fingerprint density at radius 2 is 1.80 bits per heavy atom. The molecule has 0 radical (unpaired) electrons. The van der Waals surface area contributed by atoms with E-state index in [9.17, 15) is 14.7 Å². The van der Waals surface area contributed by atoms with Gasteiger partial charge in [0.25, 0.3) is 0 Å². The van der Waals surface area contributed by atoms with E-state index in [4.69, 9.17) is 4.74 Å². The second-order valence-electron chi connectivity index (χ2n) is 7.11. The van der Waals surface area contributed by atoms with Crippen LogP contribution >= 0.6 is 0 Å². The van der Waals surface area contributed by atoms with E-state index in [1.165, 1.54) is 6.42 Å². The third kappa shape index (κ3) is 5.80. The molecule has 1 saturated carbocycles. The van der Waals surface area contributed by atoms with Gasteiger partial charge in [-0.15, -0.1) is 0 Å². The molecule has 0 unspecified atom stereocenters. The molecule has 0 saturated heterocycles. The Kier molecular flexibility index (Phi) is 5.42. The summed E-state index contributed by atoms with van der Waals surface area (Å²) in [6.45, 7) is 7.37. The van der Waals surface area contributed by atoms with Crippen LogP contribution in [-0.2, 0) is 9.53 Å². The van der Waals surface area contributed by atoms with Crippen LogP contribution in [0, 0.1) is 5.41 Å². The zero-order chi connectivity index (χ0) is 15.4. The first-order valence-corrected chi connectivity index (χ1v) is 7.34. The van der Waals surface area contributed by atoms with Crippen molar-refractivity contribution in [2.24, 2.45) is 5.41 Å². The average molecular weight is 285 g/mol. The summed E-state index contributed by atoms with van der Waals surface area (Å²) in [4.78, 5) is 23.1. The second kappa shape index (κ2) is 6.46. The second-order valence-corrected chi connectivity index (χ2v) is 7.11. The van der Waals surface area contributed by atoms with Crippen molar-refractivity contribution in [2.45, 2.75) is 77.9 Å². The number of ether oxygens (including phenoxy) is 1. The third-order valence-electron chi connectivity index (χ3n) is 3.75. The fourth-order valence-electron chi connectivity index (χ4n) is 2.75. The highest BCUT2D eigenvalue weighted by atomic mass is 16.6. The summed E-state index contributed by atoms with van der Waals surface area (Å²) in [5.74, 6) is -0.998. The summed E-state index contributed by atoms with van der Waals surface area (Å²) < 4.78 is 5.13. The van der Waals surface area contributed by atoms with Crippen LogP contribution in [0.5, 0.6) is 0 Å². The van der Waals surface area contributed by atoms with Gasteiger partial charge in [-0.2, -0.15) is 0 Å². The predicted octanol–water partition coefficient (Wildman–Crippen LogP) is 3.32. The largest absolute Gasteiger partial charge is 0.480 e. The Labute approximate surface area is 121 Å². The molecule has 0 aromatic carbocycles. The number of carbonyl (C=O) groups is 2. The van der Waals surface area contributed by atoms with Crippen LogP contribution < -0.4 is 5.32 Å². The van der Waals surface area contributed by atoms with E-state index in [0.717, 1.165) is 25.7 Å². The molecule has 0 heterocycles. The van der Waals surface area contributed by atoms with Crippen LogP contribution in [0.25, 0.3) is 0 Å². The minimum atomic E-state index is -0.998. The number of carboxylic acid groups (broad SMARTS) is 1. The fourth-order valence-corrected chi connectivity index (χ4v) is 2.75. The molecule has 0 aromatic rings. The summed E-state index contributed by atoms with van der Waals surface area (Å²) in [5.41, 5.74) is -0.627. The van der Waals surface area contributed by atoms with E-state index in [0.29, 0.717) is 6.42 Å². The Morgan fingerprint density at radius 1 is 1.25 bits per heavy atom. The molecular formula is C15H27NO4. The molecule has 0 spiro atoms. The zero-order valence-corrected chi connectivity index (χ0v) is 13.0. The van der Waals surface area contributed by atoms with Crippen molar-refractivity contribution in [1.82, 2.24) is 5.32 Å². The van der Waals surface area contributed by atoms with Crippen molar-refractivity contribution < 1.29 is 19.4 Å². The number of aliphatic carboxylic acids is 1. The Morgan fingerprint density at radius 3 is 2.25 bits per heavy atom. The van der Waals surface area contributed by atoms with Crippen molar-refractivity contribution in [3.63, 3.8) is 0 Å². The van der Waals surface area contributed by atoms with Crippen LogP contribution in [0.2, 0.25) is 0 Å². The van der Waals surface area contributed by atoms with Crippen LogP contribution in [0.4, 0.5) is 4.79 Å². The number of carbonyl (C=O) groups excluding carboxylic acids is 1. The number of hydrogen-bond donors (Lipinski definition) is 2.